The van der Waals surface area contributed by atoms with Crippen molar-refractivity contribution in [1.29, 1.82) is 0 Å². The van der Waals surface area contributed by atoms with Gasteiger partial charge in [-0.3, -0.25) is 0 Å². The third-order valence-electron chi connectivity index (χ3n) is 5.05. The summed E-state index contributed by atoms with van der Waals surface area (Å²) < 4.78 is 10.7. The Hall–Kier alpha value is -1.22. The second-order valence-electron chi connectivity index (χ2n) is 5.45. The van der Waals surface area contributed by atoms with Gasteiger partial charge in [-0.2, -0.15) is 0 Å². The SMILES string of the molecule is CCC1(CC)C(N)CC1c1ccc(OC)c(OC)c1. The number of methoxy groups -OCH3 is 2. The van der Waals surface area contributed by atoms with Crippen LogP contribution in [-0.4, -0.2) is 20.3 Å². The smallest absolute Gasteiger partial charge is 0.160 e. The molecule has 2 atom stereocenters. The number of hydrogen-bond donors (Lipinski definition) is 1. The summed E-state index contributed by atoms with van der Waals surface area (Å²) in [5.41, 5.74) is 7.85. The lowest BCUT2D eigenvalue weighted by Crippen LogP contribution is -2.55. The summed E-state index contributed by atoms with van der Waals surface area (Å²) in [5, 5.41) is 0. The van der Waals surface area contributed by atoms with Crippen molar-refractivity contribution in [2.45, 2.75) is 45.1 Å². The second-order valence-corrected chi connectivity index (χ2v) is 5.45. The molecule has 0 aromatic heterocycles. The zero-order valence-corrected chi connectivity index (χ0v) is 12.4. The molecule has 0 spiro atoms. The molecule has 19 heavy (non-hydrogen) atoms. The predicted molar refractivity (Wildman–Crippen MR) is 77.9 cm³/mol. The first-order valence-corrected chi connectivity index (χ1v) is 7.10. The van der Waals surface area contributed by atoms with Gasteiger partial charge in [0.1, 0.15) is 0 Å². The lowest BCUT2D eigenvalue weighted by Gasteiger charge is -2.55. The highest BCUT2D eigenvalue weighted by atomic mass is 16.5. The van der Waals surface area contributed by atoms with Gasteiger partial charge in [0.25, 0.3) is 0 Å². The van der Waals surface area contributed by atoms with Crippen LogP contribution < -0.4 is 15.2 Å². The normalized spacial score (nSPS) is 24.7. The highest BCUT2D eigenvalue weighted by Crippen LogP contribution is 2.56. The van der Waals surface area contributed by atoms with Gasteiger partial charge in [0.2, 0.25) is 0 Å². The largest absolute Gasteiger partial charge is 0.493 e. The van der Waals surface area contributed by atoms with Gasteiger partial charge in [0, 0.05) is 6.04 Å². The van der Waals surface area contributed by atoms with Crippen LogP contribution in [0.1, 0.15) is 44.6 Å². The zero-order chi connectivity index (χ0) is 14.0. The fourth-order valence-corrected chi connectivity index (χ4v) is 3.63. The number of hydrogen-bond acceptors (Lipinski definition) is 3. The topological polar surface area (TPSA) is 44.5 Å². The number of benzene rings is 1. The minimum absolute atomic E-state index is 0.250. The maximum absolute atomic E-state index is 6.28. The van der Waals surface area contributed by atoms with Crippen LogP contribution in [0.2, 0.25) is 0 Å². The van der Waals surface area contributed by atoms with Crippen molar-refractivity contribution in [3.8, 4) is 11.5 Å². The maximum Gasteiger partial charge on any atom is 0.160 e. The van der Waals surface area contributed by atoms with E-state index in [1.807, 2.05) is 6.07 Å². The van der Waals surface area contributed by atoms with E-state index in [0.717, 1.165) is 30.8 Å². The van der Waals surface area contributed by atoms with Crippen LogP contribution in [0.4, 0.5) is 0 Å². The molecular weight excluding hydrogens is 238 g/mol. The Morgan fingerprint density at radius 1 is 1.16 bits per heavy atom. The summed E-state index contributed by atoms with van der Waals surface area (Å²) in [6.07, 6.45) is 3.32. The van der Waals surface area contributed by atoms with E-state index in [1.165, 1.54) is 5.56 Å². The Balaban J connectivity index is 2.33. The van der Waals surface area contributed by atoms with E-state index in [0.29, 0.717) is 12.0 Å². The van der Waals surface area contributed by atoms with E-state index in [9.17, 15) is 0 Å². The van der Waals surface area contributed by atoms with Crippen molar-refractivity contribution in [2.75, 3.05) is 14.2 Å². The van der Waals surface area contributed by atoms with Gasteiger partial charge in [-0.25, -0.2) is 0 Å². The van der Waals surface area contributed by atoms with Crippen LogP contribution in [-0.2, 0) is 0 Å². The third kappa shape index (κ3) is 2.10. The fourth-order valence-electron chi connectivity index (χ4n) is 3.63. The summed E-state index contributed by atoms with van der Waals surface area (Å²) in [5.74, 6) is 2.13. The van der Waals surface area contributed by atoms with Gasteiger partial charge in [0.05, 0.1) is 14.2 Å². The van der Waals surface area contributed by atoms with Gasteiger partial charge in [-0.15, -0.1) is 0 Å². The average molecular weight is 263 g/mol. The number of rotatable bonds is 5. The Kier molecular flexibility index (Phi) is 4.04. The first-order valence-electron chi connectivity index (χ1n) is 7.10. The molecular formula is C16H25NO2. The molecule has 106 valence electrons. The molecule has 0 amide bonds. The average Bonchev–Trinajstić information content (AvgIpc) is 2.45. The van der Waals surface area contributed by atoms with Gasteiger partial charge >= 0.3 is 0 Å². The summed E-state index contributed by atoms with van der Waals surface area (Å²) in [6, 6.07) is 6.57. The predicted octanol–water partition coefficient (Wildman–Crippen LogP) is 3.32. The van der Waals surface area contributed by atoms with Gasteiger partial charge in [-0.05, 0) is 48.3 Å². The van der Waals surface area contributed by atoms with E-state index in [1.54, 1.807) is 14.2 Å². The monoisotopic (exact) mass is 263 g/mol. The molecule has 1 aliphatic carbocycles. The van der Waals surface area contributed by atoms with Crippen molar-refractivity contribution in [1.82, 2.24) is 0 Å². The third-order valence-corrected chi connectivity index (χ3v) is 5.05. The van der Waals surface area contributed by atoms with E-state index in [-0.39, 0.29) is 5.41 Å². The lowest BCUT2D eigenvalue weighted by molar-refractivity contribution is 0.0436. The molecule has 2 rings (SSSR count). The summed E-state index contributed by atoms with van der Waals surface area (Å²) in [6.45, 7) is 4.49. The Morgan fingerprint density at radius 2 is 1.79 bits per heavy atom. The molecule has 0 saturated heterocycles. The van der Waals surface area contributed by atoms with E-state index < -0.39 is 0 Å². The van der Waals surface area contributed by atoms with Crippen molar-refractivity contribution in [3.05, 3.63) is 23.8 Å². The Morgan fingerprint density at radius 3 is 2.26 bits per heavy atom. The standard InChI is InChI=1S/C16H25NO2/c1-5-16(6-2)12(10-15(16)17)11-7-8-13(18-3)14(9-11)19-4/h7-9,12,15H,5-6,10,17H2,1-4H3. The lowest BCUT2D eigenvalue weighted by atomic mass is 9.52. The highest BCUT2D eigenvalue weighted by Gasteiger charge is 2.51. The molecule has 1 aromatic carbocycles. The minimum Gasteiger partial charge on any atom is -0.493 e. The highest BCUT2D eigenvalue weighted by molar-refractivity contribution is 5.45. The molecule has 2 N–H and O–H groups in total. The van der Waals surface area contributed by atoms with Crippen molar-refractivity contribution < 1.29 is 9.47 Å². The van der Waals surface area contributed by atoms with E-state index in [2.05, 4.69) is 26.0 Å². The zero-order valence-electron chi connectivity index (χ0n) is 12.4. The van der Waals surface area contributed by atoms with Gasteiger partial charge < -0.3 is 15.2 Å². The molecule has 1 aromatic rings. The molecule has 3 nitrogen and oxygen atoms in total. The van der Waals surface area contributed by atoms with Crippen LogP contribution in [0.5, 0.6) is 11.5 Å². The fraction of sp³-hybridized carbons (Fsp3) is 0.625. The van der Waals surface area contributed by atoms with Crippen molar-refractivity contribution >= 4 is 0 Å². The van der Waals surface area contributed by atoms with Crippen LogP contribution >= 0.6 is 0 Å². The molecule has 0 aliphatic heterocycles. The number of ether oxygens (including phenoxy) is 2. The van der Waals surface area contributed by atoms with Gasteiger partial charge in [-0.1, -0.05) is 19.9 Å². The molecule has 0 heterocycles. The molecule has 1 fully saturated rings. The maximum atomic E-state index is 6.28. The molecule has 0 radical (unpaired) electrons. The first-order chi connectivity index (χ1) is 9.12. The summed E-state index contributed by atoms with van der Waals surface area (Å²) in [7, 11) is 3.35. The Labute approximate surface area is 116 Å². The van der Waals surface area contributed by atoms with Crippen molar-refractivity contribution in [3.63, 3.8) is 0 Å². The van der Waals surface area contributed by atoms with Crippen LogP contribution in [0, 0.1) is 5.41 Å². The molecule has 3 heteroatoms. The van der Waals surface area contributed by atoms with Crippen LogP contribution in [0.15, 0.2) is 18.2 Å². The molecule has 0 bridgehead atoms. The molecule has 1 saturated carbocycles. The van der Waals surface area contributed by atoms with Crippen LogP contribution in [0.25, 0.3) is 0 Å². The van der Waals surface area contributed by atoms with E-state index >= 15 is 0 Å². The molecule has 2 unspecified atom stereocenters. The summed E-state index contributed by atoms with van der Waals surface area (Å²) in [4.78, 5) is 0. The van der Waals surface area contributed by atoms with Crippen molar-refractivity contribution in [2.24, 2.45) is 11.1 Å². The second kappa shape index (κ2) is 5.41. The van der Waals surface area contributed by atoms with Gasteiger partial charge in [0.15, 0.2) is 11.5 Å². The minimum atomic E-state index is 0.250. The summed E-state index contributed by atoms with van der Waals surface area (Å²) >= 11 is 0. The van der Waals surface area contributed by atoms with E-state index in [4.69, 9.17) is 15.2 Å². The quantitative estimate of drug-likeness (QED) is 0.886. The molecule has 1 aliphatic rings. The Bertz CT molecular complexity index is 440. The van der Waals surface area contributed by atoms with Crippen LogP contribution in [0.3, 0.4) is 0 Å². The first kappa shape index (κ1) is 14.2. The number of nitrogens with two attached hydrogens (primary N) is 1.